The monoisotopic (exact) mass is 366 g/mol. The highest BCUT2D eigenvalue weighted by Crippen LogP contribution is 2.30. The van der Waals surface area contributed by atoms with Crippen LogP contribution in [-0.2, 0) is 18.4 Å². The fourth-order valence-corrected chi connectivity index (χ4v) is 3.85. The van der Waals surface area contributed by atoms with Crippen molar-refractivity contribution >= 4 is 29.7 Å². The molecule has 1 amide bonds. The number of aryl methyl sites for hydroxylation is 1. The van der Waals surface area contributed by atoms with Crippen molar-refractivity contribution in [1.29, 1.82) is 0 Å². The number of rotatable bonds is 6. The molecule has 1 fully saturated rings. The van der Waals surface area contributed by atoms with Gasteiger partial charge in [-0.25, -0.2) is 0 Å². The quantitative estimate of drug-likeness (QED) is 0.799. The van der Waals surface area contributed by atoms with Crippen LogP contribution in [-0.4, -0.2) is 40.2 Å². The van der Waals surface area contributed by atoms with Gasteiger partial charge in [-0.2, -0.15) is 5.10 Å². The maximum Gasteiger partial charge on any atom is 0.228 e. The Kier molecular flexibility index (Phi) is 6.60. The van der Waals surface area contributed by atoms with Crippen molar-refractivity contribution in [3.05, 3.63) is 53.0 Å². The zero-order valence-corrected chi connectivity index (χ0v) is 15.4. The molecule has 0 aromatic carbocycles. The number of hydrogen-bond donors (Lipinski definition) is 1. The van der Waals surface area contributed by atoms with E-state index in [1.807, 2.05) is 35.8 Å². The molecule has 0 unspecified atom stereocenters. The Morgan fingerprint density at radius 3 is 3.04 bits per heavy atom. The Hall–Kier alpha value is -1.63. The van der Waals surface area contributed by atoms with Crippen LogP contribution in [0.1, 0.15) is 16.4 Å². The highest BCUT2D eigenvalue weighted by molar-refractivity contribution is 7.09. The van der Waals surface area contributed by atoms with E-state index in [1.165, 1.54) is 4.88 Å². The molecule has 7 heteroatoms. The summed E-state index contributed by atoms with van der Waals surface area (Å²) in [6.07, 6.45) is 5.68. The first-order valence-electron chi connectivity index (χ1n) is 7.80. The predicted molar refractivity (Wildman–Crippen MR) is 99.5 cm³/mol. The van der Waals surface area contributed by atoms with Gasteiger partial charge in [-0.1, -0.05) is 12.1 Å². The van der Waals surface area contributed by atoms with Crippen molar-refractivity contribution in [3.63, 3.8) is 0 Å². The first-order chi connectivity index (χ1) is 11.2. The van der Waals surface area contributed by atoms with Crippen molar-refractivity contribution in [2.45, 2.75) is 12.5 Å². The Morgan fingerprint density at radius 2 is 2.42 bits per heavy atom. The van der Waals surface area contributed by atoms with Gasteiger partial charge in [0, 0.05) is 43.7 Å². The number of halogens is 1. The topological polar surface area (TPSA) is 50.2 Å². The van der Waals surface area contributed by atoms with Crippen LogP contribution in [0.15, 0.2) is 42.6 Å². The molecule has 1 N–H and O–H groups in total. The number of nitrogens with zero attached hydrogens (tertiary/aromatic N) is 3. The predicted octanol–water partition coefficient (Wildman–Crippen LogP) is 2.42. The van der Waals surface area contributed by atoms with Crippen LogP contribution in [0.4, 0.5) is 0 Å². The van der Waals surface area contributed by atoms with E-state index in [-0.39, 0.29) is 30.2 Å². The van der Waals surface area contributed by atoms with Gasteiger partial charge in [0.1, 0.15) is 0 Å². The van der Waals surface area contributed by atoms with E-state index in [4.69, 9.17) is 0 Å². The minimum atomic E-state index is -0.0425. The summed E-state index contributed by atoms with van der Waals surface area (Å²) in [5, 5.41) is 9.65. The van der Waals surface area contributed by atoms with Gasteiger partial charge < -0.3 is 10.2 Å². The van der Waals surface area contributed by atoms with E-state index in [0.29, 0.717) is 13.1 Å². The molecule has 3 heterocycles. The maximum atomic E-state index is 13.1. The molecule has 1 saturated heterocycles. The molecule has 5 nitrogen and oxygen atoms in total. The smallest absolute Gasteiger partial charge is 0.228 e. The molecule has 2 aromatic heterocycles. The summed E-state index contributed by atoms with van der Waals surface area (Å²) >= 11 is 1.68. The molecular formula is C17H23ClN4OS. The number of amides is 1. The van der Waals surface area contributed by atoms with Crippen LogP contribution >= 0.6 is 23.7 Å². The molecule has 130 valence electrons. The van der Waals surface area contributed by atoms with Gasteiger partial charge in [0.25, 0.3) is 0 Å². The van der Waals surface area contributed by atoms with Gasteiger partial charge in [0.15, 0.2) is 0 Å². The van der Waals surface area contributed by atoms with Crippen molar-refractivity contribution in [2.24, 2.45) is 13.0 Å². The average Bonchev–Trinajstić information content (AvgIpc) is 3.26. The van der Waals surface area contributed by atoms with E-state index >= 15 is 0 Å². The second kappa shape index (κ2) is 8.46. The normalized spacial score (nSPS) is 19.7. The largest absolute Gasteiger partial charge is 0.334 e. The summed E-state index contributed by atoms with van der Waals surface area (Å²) in [7, 11) is 1.91. The second-order valence-corrected chi connectivity index (χ2v) is 6.94. The lowest BCUT2D eigenvalue weighted by Crippen LogP contribution is -2.38. The molecule has 2 atom stereocenters. The van der Waals surface area contributed by atoms with E-state index in [1.54, 1.807) is 22.1 Å². The zero-order valence-electron chi connectivity index (χ0n) is 13.7. The third kappa shape index (κ3) is 4.06. The fourth-order valence-electron chi connectivity index (χ4n) is 3.13. The second-order valence-electron chi connectivity index (χ2n) is 5.91. The zero-order chi connectivity index (χ0) is 16.2. The number of carbonyl (C=O) groups excluding carboxylic acids is 1. The number of thiophene rings is 1. The van der Waals surface area contributed by atoms with Crippen LogP contribution in [0.3, 0.4) is 0 Å². The minimum absolute atomic E-state index is 0. The summed E-state index contributed by atoms with van der Waals surface area (Å²) in [5.74, 6) is 0.336. The lowest BCUT2D eigenvalue weighted by atomic mass is 9.89. The first-order valence-corrected chi connectivity index (χ1v) is 8.68. The van der Waals surface area contributed by atoms with Crippen LogP contribution in [0.2, 0.25) is 0 Å². The summed E-state index contributed by atoms with van der Waals surface area (Å²) in [5.41, 5.74) is 1.13. The highest BCUT2D eigenvalue weighted by Gasteiger charge is 2.36. The molecule has 1 aliphatic heterocycles. The van der Waals surface area contributed by atoms with Crippen molar-refractivity contribution in [1.82, 2.24) is 20.0 Å². The molecule has 0 radical (unpaired) electrons. The molecule has 0 aliphatic carbocycles. The molecule has 0 bridgehead atoms. The summed E-state index contributed by atoms with van der Waals surface area (Å²) in [4.78, 5) is 16.2. The molecule has 2 aromatic rings. The molecule has 0 saturated carbocycles. The van der Waals surface area contributed by atoms with Crippen molar-refractivity contribution in [2.75, 3.05) is 19.6 Å². The Bertz CT molecular complexity index is 670. The third-order valence-electron chi connectivity index (χ3n) is 4.27. The SMILES string of the molecule is C=CCN(Cc1cccs1)C(=O)[C@H]1CNC[C@@H]1c1cnn(C)c1.Cl. The van der Waals surface area contributed by atoms with E-state index in [9.17, 15) is 4.79 Å². The van der Waals surface area contributed by atoms with E-state index in [2.05, 4.69) is 23.1 Å². The van der Waals surface area contributed by atoms with E-state index in [0.717, 1.165) is 18.7 Å². The molecule has 1 aliphatic rings. The summed E-state index contributed by atoms with van der Waals surface area (Å²) < 4.78 is 1.79. The first kappa shape index (κ1) is 18.7. The van der Waals surface area contributed by atoms with Gasteiger partial charge in [-0.05, 0) is 17.0 Å². The van der Waals surface area contributed by atoms with Crippen LogP contribution in [0.5, 0.6) is 0 Å². The number of nitrogens with one attached hydrogen (secondary N) is 1. The van der Waals surface area contributed by atoms with Crippen LogP contribution < -0.4 is 5.32 Å². The Morgan fingerprint density at radius 1 is 1.58 bits per heavy atom. The van der Waals surface area contributed by atoms with Gasteiger partial charge >= 0.3 is 0 Å². The number of aromatic nitrogens is 2. The number of carbonyl (C=O) groups is 1. The van der Waals surface area contributed by atoms with Crippen LogP contribution in [0, 0.1) is 5.92 Å². The van der Waals surface area contributed by atoms with Gasteiger partial charge in [-0.15, -0.1) is 30.3 Å². The average molecular weight is 367 g/mol. The van der Waals surface area contributed by atoms with Crippen LogP contribution in [0.25, 0.3) is 0 Å². The summed E-state index contributed by atoms with van der Waals surface area (Å²) in [6.45, 7) is 6.57. The third-order valence-corrected chi connectivity index (χ3v) is 5.13. The maximum absolute atomic E-state index is 13.1. The standard InChI is InChI=1S/C17H22N4OS.ClH/c1-3-6-21(12-14-5-4-7-23-14)17(22)16-10-18-9-15(16)13-8-19-20(2)11-13;/h3-5,7-8,11,15-16,18H,1,6,9-10,12H2,2H3;1H/t15-,16+;/m1./s1. The Labute approximate surface area is 152 Å². The lowest BCUT2D eigenvalue weighted by Gasteiger charge is -2.26. The molecule has 0 spiro atoms. The fraction of sp³-hybridized carbons (Fsp3) is 0.412. The van der Waals surface area contributed by atoms with Gasteiger partial charge in [0.2, 0.25) is 5.91 Å². The highest BCUT2D eigenvalue weighted by atomic mass is 35.5. The van der Waals surface area contributed by atoms with E-state index < -0.39 is 0 Å². The Balaban J connectivity index is 0.00000208. The van der Waals surface area contributed by atoms with Crippen molar-refractivity contribution in [3.8, 4) is 0 Å². The number of hydrogen-bond acceptors (Lipinski definition) is 4. The van der Waals surface area contributed by atoms with Gasteiger partial charge in [0.05, 0.1) is 18.7 Å². The molecule has 24 heavy (non-hydrogen) atoms. The molecular weight excluding hydrogens is 344 g/mol. The lowest BCUT2D eigenvalue weighted by molar-refractivity contribution is -0.135. The minimum Gasteiger partial charge on any atom is -0.334 e. The molecule has 3 rings (SSSR count). The van der Waals surface area contributed by atoms with Crippen molar-refractivity contribution < 1.29 is 4.79 Å². The summed E-state index contributed by atoms with van der Waals surface area (Å²) in [6, 6.07) is 4.09. The van der Waals surface area contributed by atoms with Gasteiger partial charge in [-0.3, -0.25) is 9.48 Å².